The van der Waals surface area contributed by atoms with Gasteiger partial charge in [-0.25, -0.2) is 8.78 Å². The van der Waals surface area contributed by atoms with Gasteiger partial charge in [-0.15, -0.1) is 0 Å². The van der Waals surface area contributed by atoms with Crippen molar-refractivity contribution in [3.05, 3.63) is 157 Å². The van der Waals surface area contributed by atoms with Gasteiger partial charge in [0.1, 0.15) is 12.3 Å². The predicted molar refractivity (Wildman–Crippen MR) is 181 cm³/mol. The molecule has 0 saturated heterocycles. The third-order valence-corrected chi connectivity index (χ3v) is 10.00. The van der Waals surface area contributed by atoms with Crippen LogP contribution in [-0.4, -0.2) is 21.5 Å². The zero-order valence-electron chi connectivity index (χ0n) is 24.6. The molecule has 6 aromatic carbocycles. The maximum atomic E-state index is 15.1. The molecule has 1 fully saturated rings. The van der Waals surface area contributed by atoms with Gasteiger partial charge in [0.2, 0.25) is 0 Å². The van der Waals surface area contributed by atoms with E-state index in [0.717, 1.165) is 44.6 Å². The molecule has 2 nitrogen and oxygen atoms in total. The number of para-hydroxylation sites is 4. The summed E-state index contributed by atoms with van der Waals surface area (Å²) < 4.78 is 34.7. The van der Waals surface area contributed by atoms with E-state index in [-0.39, 0.29) is 12.8 Å². The first-order valence-corrected chi connectivity index (χ1v) is 15.6. The van der Waals surface area contributed by atoms with Gasteiger partial charge in [0.15, 0.2) is 0 Å². The molecule has 2 unspecified atom stereocenters. The molecule has 0 bridgehead atoms. The molecule has 1 aliphatic rings. The van der Waals surface area contributed by atoms with Crippen LogP contribution in [0.25, 0.3) is 55.0 Å². The van der Waals surface area contributed by atoms with Gasteiger partial charge in [-0.2, -0.15) is 0 Å². The Morgan fingerprint density at radius 1 is 0.400 bits per heavy atom. The summed E-state index contributed by atoms with van der Waals surface area (Å²) in [6.45, 7) is 0. The van der Waals surface area contributed by atoms with Crippen LogP contribution in [-0.2, 0) is 5.41 Å². The van der Waals surface area contributed by atoms with Crippen molar-refractivity contribution in [1.29, 1.82) is 0 Å². The van der Waals surface area contributed by atoms with Gasteiger partial charge in [0.25, 0.3) is 0 Å². The SMILES string of the molecule is FC1CC(c2ccc(-n3c4ccccc4c4ccccc43)cc2)(c2ccc(-n3c4ccccc4c4ccccc43)cc2)CC1F. The summed E-state index contributed by atoms with van der Waals surface area (Å²) in [6, 6.07) is 50.4. The number of alkyl halides is 2. The normalized spacial score (nSPS) is 18.0. The molecule has 1 aliphatic carbocycles. The fourth-order valence-electron chi connectivity index (χ4n) is 7.90. The van der Waals surface area contributed by atoms with Crippen LogP contribution in [0, 0.1) is 0 Å². The first-order chi connectivity index (χ1) is 22.1. The number of fused-ring (bicyclic) bond motifs is 6. The molecule has 9 rings (SSSR count). The zero-order valence-corrected chi connectivity index (χ0v) is 24.6. The molecule has 45 heavy (non-hydrogen) atoms. The number of benzene rings is 6. The van der Waals surface area contributed by atoms with Crippen LogP contribution in [0.15, 0.2) is 146 Å². The predicted octanol–water partition coefficient (Wildman–Crippen LogP) is 10.6. The van der Waals surface area contributed by atoms with Crippen molar-refractivity contribution in [3.63, 3.8) is 0 Å². The highest BCUT2D eigenvalue weighted by Gasteiger charge is 2.48. The van der Waals surface area contributed by atoms with Gasteiger partial charge in [0.05, 0.1) is 22.1 Å². The average molecular weight is 589 g/mol. The zero-order chi connectivity index (χ0) is 30.1. The molecule has 218 valence electrons. The molecule has 4 heteroatoms. The first kappa shape index (κ1) is 26.2. The Kier molecular flexibility index (Phi) is 5.76. The van der Waals surface area contributed by atoms with Crippen molar-refractivity contribution in [2.75, 3.05) is 0 Å². The largest absolute Gasteiger partial charge is 0.309 e. The van der Waals surface area contributed by atoms with Crippen LogP contribution in [0.5, 0.6) is 0 Å². The van der Waals surface area contributed by atoms with Gasteiger partial charge in [0, 0.05) is 38.3 Å². The molecule has 2 atom stereocenters. The number of rotatable bonds is 4. The van der Waals surface area contributed by atoms with Crippen molar-refractivity contribution in [1.82, 2.24) is 9.13 Å². The molecule has 2 aromatic heterocycles. The molecule has 0 radical (unpaired) electrons. The summed E-state index contributed by atoms with van der Waals surface area (Å²) in [5.74, 6) is 0. The van der Waals surface area contributed by atoms with E-state index in [9.17, 15) is 0 Å². The van der Waals surface area contributed by atoms with E-state index in [1.807, 2.05) is 0 Å². The average Bonchev–Trinajstić information content (AvgIpc) is 3.72. The lowest BCUT2D eigenvalue weighted by molar-refractivity contribution is 0.199. The molecule has 2 heterocycles. The van der Waals surface area contributed by atoms with Gasteiger partial charge in [-0.05, 0) is 72.5 Å². The molecular formula is C41H30F2N2. The number of aromatic nitrogens is 2. The van der Waals surface area contributed by atoms with Crippen LogP contribution in [0.2, 0.25) is 0 Å². The smallest absolute Gasteiger partial charge is 0.132 e. The standard InChI is InChI=1S/C41H30F2N2/c42-35-25-41(26-36(35)43,27-17-21-29(22-18-27)44-37-13-5-1-9-31(37)32-10-2-6-14-38(32)44)28-19-23-30(24-20-28)45-39-15-7-3-11-33(39)34-12-4-8-16-40(34)45/h1-24,35-36H,25-26H2. The lowest BCUT2D eigenvalue weighted by Crippen LogP contribution is -2.25. The Morgan fingerprint density at radius 3 is 1.00 bits per heavy atom. The van der Waals surface area contributed by atoms with Gasteiger partial charge < -0.3 is 9.13 Å². The maximum absolute atomic E-state index is 15.1. The molecule has 0 spiro atoms. The maximum Gasteiger partial charge on any atom is 0.132 e. The van der Waals surface area contributed by atoms with Crippen molar-refractivity contribution >= 4 is 43.6 Å². The summed E-state index contributed by atoms with van der Waals surface area (Å²) in [5, 5.41) is 4.81. The van der Waals surface area contributed by atoms with Gasteiger partial charge in [-0.1, -0.05) is 97.1 Å². The molecular weight excluding hydrogens is 558 g/mol. The van der Waals surface area contributed by atoms with Crippen LogP contribution >= 0.6 is 0 Å². The van der Waals surface area contributed by atoms with E-state index in [4.69, 9.17) is 0 Å². The Labute approximate surface area is 259 Å². The number of hydrogen-bond acceptors (Lipinski definition) is 0. The monoisotopic (exact) mass is 588 g/mol. The van der Waals surface area contributed by atoms with E-state index in [1.165, 1.54) is 21.5 Å². The first-order valence-electron chi connectivity index (χ1n) is 15.6. The number of hydrogen-bond donors (Lipinski definition) is 0. The second-order valence-electron chi connectivity index (χ2n) is 12.4. The van der Waals surface area contributed by atoms with Crippen molar-refractivity contribution in [3.8, 4) is 11.4 Å². The number of nitrogens with zero attached hydrogens (tertiary/aromatic N) is 2. The summed E-state index contributed by atoms with van der Waals surface area (Å²) in [7, 11) is 0. The summed E-state index contributed by atoms with van der Waals surface area (Å²) in [6.07, 6.45) is -2.76. The Hall–Kier alpha value is -5.22. The third kappa shape index (κ3) is 3.85. The minimum atomic E-state index is -1.50. The van der Waals surface area contributed by atoms with Gasteiger partial charge >= 0.3 is 0 Å². The Morgan fingerprint density at radius 2 is 0.689 bits per heavy atom. The molecule has 0 N–H and O–H groups in total. The van der Waals surface area contributed by atoms with E-state index < -0.39 is 17.8 Å². The van der Waals surface area contributed by atoms with Gasteiger partial charge in [-0.3, -0.25) is 0 Å². The second kappa shape index (κ2) is 9.90. The highest BCUT2D eigenvalue weighted by Crippen LogP contribution is 2.49. The second-order valence-corrected chi connectivity index (χ2v) is 12.4. The highest BCUT2D eigenvalue weighted by atomic mass is 19.2. The molecule has 1 saturated carbocycles. The van der Waals surface area contributed by atoms with Crippen molar-refractivity contribution in [2.45, 2.75) is 30.6 Å². The lowest BCUT2D eigenvalue weighted by Gasteiger charge is -2.31. The summed E-state index contributed by atoms with van der Waals surface area (Å²) in [4.78, 5) is 0. The van der Waals surface area contributed by atoms with Crippen LogP contribution < -0.4 is 0 Å². The van der Waals surface area contributed by atoms with Crippen LogP contribution in [0.1, 0.15) is 24.0 Å². The van der Waals surface area contributed by atoms with E-state index in [0.29, 0.717) is 0 Å². The summed E-state index contributed by atoms with van der Waals surface area (Å²) in [5.41, 5.74) is 7.73. The van der Waals surface area contributed by atoms with Crippen molar-refractivity contribution < 1.29 is 8.78 Å². The van der Waals surface area contributed by atoms with Crippen molar-refractivity contribution in [2.24, 2.45) is 0 Å². The minimum Gasteiger partial charge on any atom is -0.309 e. The lowest BCUT2D eigenvalue weighted by atomic mass is 9.73. The third-order valence-electron chi connectivity index (χ3n) is 10.00. The highest BCUT2D eigenvalue weighted by molar-refractivity contribution is 6.10. The molecule has 0 amide bonds. The molecule has 8 aromatic rings. The quantitative estimate of drug-likeness (QED) is 0.194. The van der Waals surface area contributed by atoms with Crippen LogP contribution in [0.3, 0.4) is 0 Å². The van der Waals surface area contributed by atoms with Crippen LogP contribution in [0.4, 0.5) is 8.78 Å². The molecule has 0 aliphatic heterocycles. The topological polar surface area (TPSA) is 9.86 Å². The number of halogens is 2. The Balaban J connectivity index is 1.15. The van der Waals surface area contributed by atoms with E-state index in [1.54, 1.807) is 0 Å². The fourth-order valence-corrected chi connectivity index (χ4v) is 7.90. The van der Waals surface area contributed by atoms with E-state index in [2.05, 4.69) is 155 Å². The minimum absolute atomic E-state index is 0.123. The summed E-state index contributed by atoms with van der Waals surface area (Å²) >= 11 is 0. The van der Waals surface area contributed by atoms with E-state index >= 15 is 8.78 Å². The fraction of sp³-hybridized carbons (Fsp3) is 0.122. The Bertz CT molecular complexity index is 2090.